The van der Waals surface area contributed by atoms with Gasteiger partial charge in [-0.05, 0) is 43.1 Å². The average molecular weight is 209 g/mol. The van der Waals surface area contributed by atoms with Gasteiger partial charge in [-0.2, -0.15) is 0 Å². The van der Waals surface area contributed by atoms with E-state index in [1.807, 2.05) is 0 Å². The van der Waals surface area contributed by atoms with Crippen molar-refractivity contribution in [1.29, 1.82) is 0 Å². The number of hydrogen-bond donors (Lipinski definition) is 1. The molecule has 2 atom stereocenters. The summed E-state index contributed by atoms with van der Waals surface area (Å²) in [5, 5.41) is 3.66. The third kappa shape index (κ3) is 2.38. The quantitative estimate of drug-likeness (QED) is 0.749. The van der Waals surface area contributed by atoms with Crippen LogP contribution < -0.4 is 5.32 Å². The molecule has 15 heavy (non-hydrogen) atoms. The molecule has 2 aliphatic rings. The minimum absolute atomic E-state index is 0.608. The third-order valence-corrected chi connectivity index (χ3v) is 4.89. The Morgan fingerprint density at radius 3 is 2.47 bits per heavy atom. The van der Waals surface area contributed by atoms with Crippen LogP contribution in [0.2, 0.25) is 0 Å². The van der Waals surface area contributed by atoms with E-state index in [-0.39, 0.29) is 0 Å². The molecule has 0 radical (unpaired) electrons. The summed E-state index contributed by atoms with van der Waals surface area (Å²) >= 11 is 0. The molecule has 2 saturated carbocycles. The Hall–Kier alpha value is -0.0400. The van der Waals surface area contributed by atoms with Gasteiger partial charge in [-0.3, -0.25) is 0 Å². The molecule has 88 valence electrons. The molecule has 2 fully saturated rings. The second-order valence-corrected chi connectivity index (χ2v) is 6.32. The molecule has 0 heterocycles. The van der Waals surface area contributed by atoms with Crippen molar-refractivity contribution in [2.24, 2.45) is 17.3 Å². The van der Waals surface area contributed by atoms with Crippen molar-refractivity contribution >= 4 is 0 Å². The van der Waals surface area contributed by atoms with Gasteiger partial charge in [0, 0.05) is 6.04 Å². The Kier molecular flexibility index (Phi) is 3.39. The van der Waals surface area contributed by atoms with Gasteiger partial charge in [-0.15, -0.1) is 0 Å². The van der Waals surface area contributed by atoms with E-state index in [2.05, 4.69) is 26.1 Å². The van der Waals surface area contributed by atoms with E-state index in [1.165, 1.54) is 38.5 Å². The zero-order valence-corrected chi connectivity index (χ0v) is 10.7. The summed E-state index contributed by atoms with van der Waals surface area (Å²) in [6.07, 6.45) is 8.75. The van der Waals surface area contributed by atoms with E-state index in [0.717, 1.165) is 24.4 Å². The summed E-state index contributed by atoms with van der Waals surface area (Å²) in [4.78, 5) is 0. The van der Waals surface area contributed by atoms with Crippen molar-refractivity contribution in [3.05, 3.63) is 0 Å². The minimum atomic E-state index is 0.608. The molecule has 1 heteroatoms. The lowest BCUT2D eigenvalue weighted by Gasteiger charge is -2.49. The number of rotatable bonds is 3. The maximum absolute atomic E-state index is 3.66. The normalized spacial score (nSPS) is 36.2. The summed E-state index contributed by atoms with van der Waals surface area (Å²) in [7, 11) is 0. The number of nitrogens with one attached hydrogen (secondary N) is 1. The molecular weight excluding hydrogens is 182 g/mol. The van der Waals surface area contributed by atoms with Gasteiger partial charge < -0.3 is 5.32 Å². The van der Waals surface area contributed by atoms with Crippen molar-refractivity contribution in [2.45, 2.75) is 65.3 Å². The Balaban J connectivity index is 1.96. The van der Waals surface area contributed by atoms with Gasteiger partial charge in [-0.25, -0.2) is 0 Å². The molecule has 2 aliphatic carbocycles. The largest absolute Gasteiger partial charge is 0.314 e. The summed E-state index contributed by atoms with van der Waals surface area (Å²) in [6, 6.07) is 0.814. The maximum Gasteiger partial charge on any atom is 0.00700 e. The summed E-state index contributed by atoms with van der Waals surface area (Å²) in [6.45, 7) is 8.37. The lowest BCUT2D eigenvalue weighted by molar-refractivity contribution is 0.0282. The predicted octanol–water partition coefficient (Wildman–Crippen LogP) is 3.59. The van der Waals surface area contributed by atoms with E-state index in [4.69, 9.17) is 0 Å². The second kappa shape index (κ2) is 4.45. The fraction of sp³-hybridized carbons (Fsp3) is 1.00. The molecule has 0 saturated heterocycles. The van der Waals surface area contributed by atoms with Crippen molar-refractivity contribution < 1.29 is 0 Å². The highest BCUT2D eigenvalue weighted by atomic mass is 14.9. The fourth-order valence-corrected chi connectivity index (χ4v) is 3.62. The first kappa shape index (κ1) is 11.4. The Bertz CT molecular complexity index is 205. The molecule has 0 spiro atoms. The van der Waals surface area contributed by atoms with Gasteiger partial charge in [0.1, 0.15) is 0 Å². The topological polar surface area (TPSA) is 12.0 Å². The summed E-state index contributed by atoms with van der Waals surface area (Å²) < 4.78 is 0. The molecule has 1 nitrogen and oxygen atoms in total. The van der Waals surface area contributed by atoms with Crippen LogP contribution in [0, 0.1) is 17.3 Å². The zero-order valence-electron chi connectivity index (χ0n) is 10.7. The summed E-state index contributed by atoms with van der Waals surface area (Å²) in [5.41, 5.74) is 0.608. The van der Waals surface area contributed by atoms with E-state index >= 15 is 0 Å². The van der Waals surface area contributed by atoms with Crippen molar-refractivity contribution in [3.63, 3.8) is 0 Å². The van der Waals surface area contributed by atoms with E-state index < -0.39 is 0 Å². The second-order valence-electron chi connectivity index (χ2n) is 6.32. The van der Waals surface area contributed by atoms with Gasteiger partial charge in [0.05, 0.1) is 0 Å². The van der Waals surface area contributed by atoms with Crippen molar-refractivity contribution in [2.75, 3.05) is 6.54 Å². The fourth-order valence-electron chi connectivity index (χ4n) is 3.62. The Morgan fingerprint density at radius 2 is 1.93 bits per heavy atom. The van der Waals surface area contributed by atoms with Crippen LogP contribution >= 0.6 is 0 Å². The first-order valence-electron chi connectivity index (χ1n) is 6.87. The molecule has 0 aliphatic heterocycles. The zero-order chi connectivity index (χ0) is 10.9. The first-order valence-corrected chi connectivity index (χ1v) is 6.87. The molecule has 0 aromatic heterocycles. The Morgan fingerprint density at radius 1 is 1.20 bits per heavy atom. The SMILES string of the molecule is CCNC1CCC(C)(C)C(C2CCC2)C1. The van der Waals surface area contributed by atoms with Crippen LogP contribution in [0.4, 0.5) is 0 Å². The average Bonchev–Trinajstić information content (AvgIpc) is 2.08. The molecule has 0 bridgehead atoms. The van der Waals surface area contributed by atoms with Gasteiger partial charge in [0.2, 0.25) is 0 Å². The van der Waals surface area contributed by atoms with Crippen molar-refractivity contribution in [3.8, 4) is 0 Å². The number of hydrogen-bond acceptors (Lipinski definition) is 1. The lowest BCUT2D eigenvalue weighted by atomic mass is 9.58. The standard InChI is InChI=1S/C14H27N/c1-4-15-12-8-9-14(2,3)13(10-12)11-6-5-7-11/h11-13,15H,4-10H2,1-3H3. The smallest absolute Gasteiger partial charge is 0.00700 e. The van der Waals surface area contributed by atoms with E-state index in [1.54, 1.807) is 0 Å². The lowest BCUT2D eigenvalue weighted by Crippen LogP contribution is -2.45. The highest BCUT2D eigenvalue weighted by Crippen LogP contribution is 2.50. The summed E-state index contributed by atoms with van der Waals surface area (Å²) in [5.74, 6) is 2.05. The molecule has 2 unspecified atom stereocenters. The third-order valence-electron chi connectivity index (χ3n) is 4.89. The van der Waals surface area contributed by atoms with Gasteiger partial charge >= 0.3 is 0 Å². The highest BCUT2D eigenvalue weighted by Gasteiger charge is 2.42. The van der Waals surface area contributed by atoms with Crippen molar-refractivity contribution in [1.82, 2.24) is 5.32 Å². The predicted molar refractivity (Wildman–Crippen MR) is 65.9 cm³/mol. The van der Waals surface area contributed by atoms with Crippen LogP contribution in [0.15, 0.2) is 0 Å². The van der Waals surface area contributed by atoms with Crippen LogP contribution in [0.1, 0.15) is 59.3 Å². The minimum Gasteiger partial charge on any atom is -0.314 e. The molecule has 0 aromatic carbocycles. The highest BCUT2D eigenvalue weighted by molar-refractivity contribution is 4.94. The van der Waals surface area contributed by atoms with Gasteiger partial charge in [-0.1, -0.05) is 40.0 Å². The van der Waals surface area contributed by atoms with Gasteiger partial charge in [0.15, 0.2) is 0 Å². The molecule has 1 N–H and O–H groups in total. The Labute approximate surface area is 95.0 Å². The molecule has 0 aromatic rings. The molecule has 0 amide bonds. The van der Waals surface area contributed by atoms with Crippen LogP contribution in [0.5, 0.6) is 0 Å². The molecular formula is C14H27N. The van der Waals surface area contributed by atoms with Crippen LogP contribution in [0.3, 0.4) is 0 Å². The van der Waals surface area contributed by atoms with E-state index in [9.17, 15) is 0 Å². The maximum atomic E-state index is 3.66. The monoisotopic (exact) mass is 209 g/mol. The van der Waals surface area contributed by atoms with Crippen LogP contribution in [-0.2, 0) is 0 Å². The van der Waals surface area contributed by atoms with E-state index in [0.29, 0.717) is 5.41 Å². The van der Waals surface area contributed by atoms with Crippen LogP contribution in [-0.4, -0.2) is 12.6 Å². The molecule has 2 rings (SSSR count). The van der Waals surface area contributed by atoms with Gasteiger partial charge in [0.25, 0.3) is 0 Å². The van der Waals surface area contributed by atoms with Crippen LogP contribution in [0.25, 0.3) is 0 Å². The first-order chi connectivity index (χ1) is 7.13.